The molecule has 1 heterocycles. The molecular formula is C12H16F2N2O4S. The molecule has 1 fully saturated rings. The highest BCUT2D eigenvalue weighted by atomic mass is 32.2. The molecule has 1 aromatic rings. The number of anilines is 1. The van der Waals surface area contributed by atoms with Crippen molar-refractivity contribution in [3.63, 3.8) is 0 Å². The fraction of sp³-hybridized carbons (Fsp3) is 0.500. The van der Waals surface area contributed by atoms with Gasteiger partial charge in [0.1, 0.15) is 16.4 Å². The molecule has 2 rings (SSSR count). The van der Waals surface area contributed by atoms with E-state index in [1.54, 1.807) is 6.92 Å². The summed E-state index contributed by atoms with van der Waals surface area (Å²) in [6.07, 6.45) is -1.14. The Kier molecular flexibility index (Phi) is 4.47. The van der Waals surface area contributed by atoms with Gasteiger partial charge in [-0.1, -0.05) is 0 Å². The molecule has 0 radical (unpaired) electrons. The van der Waals surface area contributed by atoms with Gasteiger partial charge in [0.05, 0.1) is 18.8 Å². The van der Waals surface area contributed by atoms with E-state index in [4.69, 9.17) is 15.6 Å². The van der Waals surface area contributed by atoms with E-state index in [-0.39, 0.29) is 19.7 Å². The molecule has 118 valence electrons. The highest BCUT2D eigenvalue weighted by molar-refractivity contribution is 7.89. The van der Waals surface area contributed by atoms with Crippen LogP contribution in [-0.4, -0.2) is 49.7 Å². The van der Waals surface area contributed by atoms with Gasteiger partial charge in [-0.15, -0.1) is 0 Å². The van der Waals surface area contributed by atoms with Gasteiger partial charge >= 0.3 is 0 Å². The molecule has 2 unspecified atom stereocenters. The second-order valence-electron chi connectivity index (χ2n) is 4.85. The first-order chi connectivity index (χ1) is 9.77. The normalized spacial score (nSPS) is 24.2. The van der Waals surface area contributed by atoms with Crippen LogP contribution in [0.2, 0.25) is 0 Å². The standard InChI is InChI=1S/C12H16F2N2O4S/c1-7-4-16(5-8(6-17)20-7)21(18,19)10-3-2-9(13)12(15)11(10)14/h2-3,7-8,17H,4-6,15H2,1H3. The average molecular weight is 322 g/mol. The third-order valence-electron chi connectivity index (χ3n) is 3.21. The summed E-state index contributed by atoms with van der Waals surface area (Å²) in [6.45, 7) is 1.18. The smallest absolute Gasteiger partial charge is 0.246 e. The number of nitrogen functional groups attached to an aromatic ring is 1. The van der Waals surface area contributed by atoms with Crippen molar-refractivity contribution in [1.29, 1.82) is 0 Å². The van der Waals surface area contributed by atoms with Crippen molar-refractivity contribution < 1.29 is 27.0 Å². The summed E-state index contributed by atoms with van der Waals surface area (Å²) < 4.78 is 58.3. The minimum absolute atomic E-state index is 0.00948. The number of ether oxygens (including phenoxy) is 1. The number of morpholine rings is 1. The lowest BCUT2D eigenvalue weighted by molar-refractivity contribution is -0.0750. The first-order valence-electron chi connectivity index (χ1n) is 6.27. The van der Waals surface area contributed by atoms with Crippen LogP contribution in [0.1, 0.15) is 6.92 Å². The number of rotatable bonds is 3. The molecule has 0 bridgehead atoms. The minimum atomic E-state index is -4.19. The van der Waals surface area contributed by atoms with Crippen molar-refractivity contribution in [1.82, 2.24) is 4.31 Å². The molecule has 1 aliphatic heterocycles. The van der Waals surface area contributed by atoms with Gasteiger partial charge in [0.15, 0.2) is 5.82 Å². The van der Waals surface area contributed by atoms with E-state index >= 15 is 0 Å². The van der Waals surface area contributed by atoms with Gasteiger partial charge in [0.2, 0.25) is 10.0 Å². The second kappa shape index (κ2) is 5.84. The molecule has 1 aromatic carbocycles. The van der Waals surface area contributed by atoms with Gasteiger partial charge in [-0.05, 0) is 19.1 Å². The summed E-state index contributed by atoms with van der Waals surface area (Å²) in [5, 5.41) is 9.11. The second-order valence-corrected chi connectivity index (χ2v) is 6.75. The zero-order valence-electron chi connectivity index (χ0n) is 11.3. The molecule has 0 spiro atoms. The van der Waals surface area contributed by atoms with Crippen LogP contribution >= 0.6 is 0 Å². The molecule has 0 amide bonds. The van der Waals surface area contributed by atoms with Crippen molar-refractivity contribution in [2.24, 2.45) is 0 Å². The highest BCUT2D eigenvalue weighted by Crippen LogP contribution is 2.27. The Morgan fingerprint density at radius 2 is 2.10 bits per heavy atom. The largest absolute Gasteiger partial charge is 0.394 e. The number of nitrogens with zero attached hydrogens (tertiary/aromatic N) is 1. The van der Waals surface area contributed by atoms with Gasteiger partial charge in [-0.3, -0.25) is 0 Å². The summed E-state index contributed by atoms with van der Waals surface area (Å²) in [5.41, 5.74) is 4.36. The molecule has 0 aliphatic carbocycles. The molecule has 6 nitrogen and oxygen atoms in total. The number of aliphatic hydroxyl groups is 1. The van der Waals surface area contributed by atoms with Crippen LogP contribution in [0.5, 0.6) is 0 Å². The number of benzene rings is 1. The van der Waals surface area contributed by atoms with Crippen LogP contribution in [0.4, 0.5) is 14.5 Å². The Bertz CT molecular complexity index is 638. The Hall–Kier alpha value is -1.29. The van der Waals surface area contributed by atoms with Crippen molar-refractivity contribution in [2.45, 2.75) is 24.0 Å². The maximum absolute atomic E-state index is 13.9. The molecular weight excluding hydrogens is 306 g/mol. The fourth-order valence-electron chi connectivity index (χ4n) is 2.19. The number of hydrogen-bond donors (Lipinski definition) is 2. The highest BCUT2D eigenvalue weighted by Gasteiger charge is 2.35. The summed E-state index contributed by atoms with van der Waals surface area (Å²) in [5.74, 6) is -2.33. The molecule has 9 heteroatoms. The Morgan fingerprint density at radius 3 is 2.71 bits per heavy atom. The first kappa shape index (κ1) is 16.1. The van der Waals surface area contributed by atoms with E-state index in [9.17, 15) is 17.2 Å². The van der Waals surface area contributed by atoms with Gasteiger partial charge in [-0.2, -0.15) is 4.31 Å². The predicted molar refractivity (Wildman–Crippen MR) is 71.0 cm³/mol. The number of sulfonamides is 1. The van der Waals surface area contributed by atoms with E-state index < -0.39 is 44.4 Å². The summed E-state index contributed by atoms with van der Waals surface area (Å²) in [6, 6.07) is 1.64. The minimum Gasteiger partial charge on any atom is -0.394 e. The van der Waals surface area contributed by atoms with Crippen LogP contribution in [0, 0.1) is 11.6 Å². The van der Waals surface area contributed by atoms with Crippen molar-refractivity contribution in [3.8, 4) is 0 Å². The molecule has 0 saturated carbocycles. The number of halogens is 2. The van der Waals surface area contributed by atoms with Gasteiger partial charge in [-0.25, -0.2) is 17.2 Å². The van der Waals surface area contributed by atoms with Crippen LogP contribution in [0.15, 0.2) is 17.0 Å². The first-order valence-corrected chi connectivity index (χ1v) is 7.71. The zero-order valence-corrected chi connectivity index (χ0v) is 12.1. The molecule has 3 N–H and O–H groups in total. The van der Waals surface area contributed by atoms with E-state index in [1.807, 2.05) is 0 Å². The number of nitrogens with two attached hydrogens (primary N) is 1. The molecule has 1 aliphatic rings. The lowest BCUT2D eigenvalue weighted by Crippen LogP contribution is -2.50. The van der Waals surface area contributed by atoms with E-state index in [0.717, 1.165) is 16.4 Å². The predicted octanol–water partition coefficient (Wildman–Crippen LogP) is 0.317. The third-order valence-corrected chi connectivity index (χ3v) is 5.05. The summed E-state index contributed by atoms with van der Waals surface area (Å²) in [4.78, 5) is -0.688. The van der Waals surface area contributed by atoms with Gasteiger partial charge in [0.25, 0.3) is 0 Å². The quantitative estimate of drug-likeness (QED) is 0.782. The van der Waals surface area contributed by atoms with Gasteiger partial charge in [0, 0.05) is 13.1 Å². The fourth-order valence-corrected chi connectivity index (χ4v) is 3.81. The summed E-state index contributed by atoms with van der Waals surface area (Å²) in [7, 11) is -4.19. The molecule has 1 saturated heterocycles. The molecule has 21 heavy (non-hydrogen) atoms. The number of hydrogen-bond acceptors (Lipinski definition) is 5. The van der Waals surface area contributed by atoms with E-state index in [1.165, 1.54) is 0 Å². The molecule has 0 aromatic heterocycles. The Balaban J connectivity index is 2.40. The lowest BCUT2D eigenvalue weighted by Gasteiger charge is -2.35. The zero-order chi connectivity index (χ0) is 15.8. The van der Waals surface area contributed by atoms with E-state index in [0.29, 0.717) is 0 Å². The van der Waals surface area contributed by atoms with Crippen LogP contribution in [-0.2, 0) is 14.8 Å². The van der Waals surface area contributed by atoms with Crippen LogP contribution < -0.4 is 5.73 Å². The lowest BCUT2D eigenvalue weighted by atomic mass is 10.2. The monoisotopic (exact) mass is 322 g/mol. The van der Waals surface area contributed by atoms with Crippen LogP contribution in [0.25, 0.3) is 0 Å². The maximum atomic E-state index is 13.9. The Labute approximate surface area is 121 Å². The Morgan fingerprint density at radius 1 is 1.43 bits per heavy atom. The van der Waals surface area contributed by atoms with Crippen molar-refractivity contribution in [3.05, 3.63) is 23.8 Å². The topological polar surface area (TPSA) is 92.9 Å². The maximum Gasteiger partial charge on any atom is 0.246 e. The average Bonchev–Trinajstić information content (AvgIpc) is 2.43. The third kappa shape index (κ3) is 3.00. The van der Waals surface area contributed by atoms with Gasteiger partial charge < -0.3 is 15.6 Å². The molecule has 2 atom stereocenters. The van der Waals surface area contributed by atoms with Crippen LogP contribution in [0.3, 0.4) is 0 Å². The summed E-state index contributed by atoms with van der Waals surface area (Å²) >= 11 is 0. The van der Waals surface area contributed by atoms with E-state index in [2.05, 4.69) is 0 Å². The van der Waals surface area contributed by atoms with Crippen molar-refractivity contribution >= 4 is 15.7 Å². The van der Waals surface area contributed by atoms with Crippen molar-refractivity contribution in [2.75, 3.05) is 25.4 Å². The SMILES string of the molecule is CC1CN(S(=O)(=O)c2ccc(F)c(N)c2F)CC(CO)O1. The number of aliphatic hydroxyl groups excluding tert-OH is 1.